The summed E-state index contributed by atoms with van der Waals surface area (Å²) in [5.74, 6) is -1.17. The molecular formula is C5H10O3P+. The van der Waals surface area contributed by atoms with Crippen molar-refractivity contribution in [3.63, 3.8) is 0 Å². The van der Waals surface area contributed by atoms with Crippen LogP contribution in [0.15, 0.2) is 0 Å². The molecule has 2 atom stereocenters. The topological polar surface area (TPSA) is 54.4 Å². The Morgan fingerprint density at radius 3 is 2.67 bits per heavy atom. The van der Waals surface area contributed by atoms with Gasteiger partial charge in [0.05, 0.1) is 5.92 Å². The highest BCUT2D eigenvalue weighted by Crippen LogP contribution is 2.05. The number of hydrogen-bond acceptors (Lipinski definition) is 2. The van der Waals surface area contributed by atoms with Gasteiger partial charge in [-0.1, -0.05) is 11.5 Å². The van der Waals surface area contributed by atoms with E-state index in [1.807, 2.05) is 0 Å². The zero-order chi connectivity index (χ0) is 7.28. The summed E-state index contributed by atoms with van der Waals surface area (Å²) in [6, 6.07) is 0. The lowest BCUT2D eigenvalue weighted by molar-refractivity contribution is -0.141. The second-order valence-corrected chi connectivity index (χ2v) is 2.71. The summed E-state index contributed by atoms with van der Waals surface area (Å²) in [5.41, 5.74) is 0. The highest BCUT2D eigenvalue weighted by Gasteiger charge is 2.11. The average molecular weight is 149 g/mol. The second kappa shape index (κ2) is 4.45. The van der Waals surface area contributed by atoms with Gasteiger partial charge < -0.3 is 5.11 Å². The quantitative estimate of drug-likeness (QED) is 0.609. The first-order chi connectivity index (χ1) is 4.18. The van der Waals surface area contributed by atoms with Gasteiger partial charge in [0.15, 0.2) is 0 Å². The zero-order valence-corrected chi connectivity index (χ0v) is 6.26. The van der Waals surface area contributed by atoms with Crippen LogP contribution in [0.25, 0.3) is 0 Å². The molecule has 0 heterocycles. The molecule has 1 N–H and O–H groups in total. The van der Waals surface area contributed by atoms with Gasteiger partial charge >= 0.3 is 14.4 Å². The highest BCUT2D eigenvalue weighted by molar-refractivity contribution is 7.23. The molecule has 0 saturated carbocycles. The Morgan fingerprint density at radius 1 is 1.78 bits per heavy atom. The van der Waals surface area contributed by atoms with E-state index < -0.39 is 5.97 Å². The smallest absolute Gasteiger partial charge is 0.324 e. The van der Waals surface area contributed by atoms with E-state index in [0.29, 0.717) is 12.6 Å². The number of aliphatic carboxylic acids is 1. The van der Waals surface area contributed by atoms with E-state index in [4.69, 9.17) is 5.11 Å². The predicted molar refractivity (Wildman–Crippen MR) is 35.3 cm³/mol. The van der Waals surface area contributed by atoms with E-state index >= 15 is 0 Å². The van der Waals surface area contributed by atoms with Crippen molar-refractivity contribution in [3.05, 3.63) is 0 Å². The maximum absolute atomic E-state index is 10.1. The summed E-state index contributed by atoms with van der Waals surface area (Å²) in [5, 5.41) is 8.31. The standard InChI is InChI=1S/C5H9O3P/c1-4(5(6)7)2-3-9-8/h4H,2-3H2,1H3,(H,6,7)/p+1. The second-order valence-electron chi connectivity index (χ2n) is 1.92. The van der Waals surface area contributed by atoms with Gasteiger partial charge in [0.2, 0.25) is 0 Å². The third-order valence-corrected chi connectivity index (χ3v) is 1.59. The van der Waals surface area contributed by atoms with Crippen LogP contribution in [0.5, 0.6) is 0 Å². The number of rotatable bonds is 4. The molecule has 0 aromatic carbocycles. The first-order valence-electron chi connectivity index (χ1n) is 2.76. The highest BCUT2D eigenvalue weighted by atomic mass is 31.1. The monoisotopic (exact) mass is 149 g/mol. The fraction of sp³-hybridized carbons (Fsp3) is 0.800. The van der Waals surface area contributed by atoms with Crippen molar-refractivity contribution in [1.82, 2.24) is 0 Å². The van der Waals surface area contributed by atoms with Crippen molar-refractivity contribution in [2.75, 3.05) is 6.16 Å². The fourth-order valence-corrected chi connectivity index (χ4v) is 0.950. The molecule has 0 bridgehead atoms. The summed E-state index contributed by atoms with van der Waals surface area (Å²) in [6.07, 6.45) is 1.00. The Balaban J connectivity index is 3.37. The van der Waals surface area contributed by atoms with Gasteiger partial charge in [-0.05, 0) is 0 Å². The Morgan fingerprint density at radius 2 is 2.33 bits per heavy atom. The van der Waals surface area contributed by atoms with Gasteiger partial charge in [0.25, 0.3) is 0 Å². The Labute approximate surface area is 55.3 Å². The fourth-order valence-electron chi connectivity index (χ4n) is 0.399. The molecule has 2 unspecified atom stereocenters. The van der Waals surface area contributed by atoms with Crippen LogP contribution in [0.1, 0.15) is 13.3 Å². The van der Waals surface area contributed by atoms with E-state index in [0.717, 1.165) is 0 Å². The molecule has 0 amide bonds. The summed E-state index contributed by atoms with van der Waals surface area (Å²) >= 11 is 0. The molecule has 0 aliphatic rings. The average Bonchev–Trinajstić information content (AvgIpc) is 1.82. The Bertz CT molecular complexity index is 113. The summed E-state index contributed by atoms with van der Waals surface area (Å²) in [6.45, 7) is 1.61. The van der Waals surface area contributed by atoms with Crippen LogP contribution < -0.4 is 0 Å². The lowest BCUT2D eigenvalue weighted by Crippen LogP contribution is -2.09. The molecule has 0 radical (unpaired) electrons. The molecule has 0 saturated heterocycles. The maximum atomic E-state index is 10.1. The van der Waals surface area contributed by atoms with Crippen LogP contribution in [0.4, 0.5) is 0 Å². The molecule has 4 heteroatoms. The van der Waals surface area contributed by atoms with Gasteiger partial charge in [0, 0.05) is 6.42 Å². The van der Waals surface area contributed by atoms with Gasteiger partial charge in [-0.15, -0.1) is 0 Å². The third-order valence-electron chi connectivity index (χ3n) is 1.10. The van der Waals surface area contributed by atoms with Gasteiger partial charge in [-0.25, -0.2) is 0 Å². The van der Waals surface area contributed by atoms with Crippen molar-refractivity contribution in [1.29, 1.82) is 0 Å². The zero-order valence-electron chi connectivity index (χ0n) is 5.26. The van der Waals surface area contributed by atoms with Crippen molar-refractivity contribution >= 4 is 14.4 Å². The predicted octanol–water partition coefficient (Wildman–Crippen LogP) is 1.12. The number of hydrogen-bond donors (Lipinski definition) is 1. The molecular weight excluding hydrogens is 139 g/mol. The van der Waals surface area contributed by atoms with Crippen LogP contribution in [-0.4, -0.2) is 17.2 Å². The van der Waals surface area contributed by atoms with E-state index in [1.165, 1.54) is 0 Å². The van der Waals surface area contributed by atoms with Crippen molar-refractivity contribution in [2.24, 2.45) is 5.92 Å². The minimum absolute atomic E-state index is 0.355. The number of carbonyl (C=O) groups is 1. The molecule has 0 aromatic heterocycles. The lowest BCUT2D eigenvalue weighted by Gasteiger charge is -1.97. The minimum atomic E-state index is -0.812. The number of carboxylic acids is 1. The van der Waals surface area contributed by atoms with Gasteiger partial charge in [-0.3, -0.25) is 4.79 Å². The molecule has 9 heavy (non-hydrogen) atoms. The molecule has 0 spiro atoms. The minimum Gasteiger partial charge on any atom is -0.481 e. The van der Waals surface area contributed by atoms with E-state index in [9.17, 15) is 9.36 Å². The molecule has 0 aliphatic carbocycles. The van der Waals surface area contributed by atoms with E-state index in [2.05, 4.69) is 0 Å². The largest absolute Gasteiger partial charge is 0.481 e. The van der Waals surface area contributed by atoms with Crippen LogP contribution >= 0.6 is 8.46 Å². The van der Waals surface area contributed by atoms with Crippen LogP contribution in [0, 0.1) is 5.92 Å². The van der Waals surface area contributed by atoms with Crippen LogP contribution in [0.3, 0.4) is 0 Å². The molecule has 0 aromatic rings. The van der Waals surface area contributed by atoms with Crippen molar-refractivity contribution < 1.29 is 14.5 Å². The van der Waals surface area contributed by atoms with Gasteiger partial charge in [-0.2, -0.15) is 0 Å². The summed E-state index contributed by atoms with van der Waals surface area (Å²) in [7, 11) is -0.370. The molecule has 0 aliphatic heterocycles. The van der Waals surface area contributed by atoms with E-state index in [-0.39, 0.29) is 14.4 Å². The third kappa shape index (κ3) is 4.10. The molecule has 0 rings (SSSR count). The molecule has 0 fully saturated rings. The van der Waals surface area contributed by atoms with Crippen molar-refractivity contribution in [3.8, 4) is 0 Å². The normalized spacial score (nSPS) is 13.4. The summed E-state index contributed by atoms with van der Waals surface area (Å²) in [4.78, 5) is 10.1. The first kappa shape index (κ1) is 8.57. The summed E-state index contributed by atoms with van der Waals surface area (Å²) < 4.78 is 9.89. The maximum Gasteiger partial charge on any atom is 0.324 e. The van der Waals surface area contributed by atoms with E-state index in [1.54, 1.807) is 6.92 Å². The van der Waals surface area contributed by atoms with Crippen molar-refractivity contribution in [2.45, 2.75) is 13.3 Å². The Hall–Kier alpha value is -0.430. The molecule has 52 valence electrons. The molecule has 3 nitrogen and oxygen atoms in total. The number of carboxylic acid groups (broad SMARTS) is 1. The lowest BCUT2D eigenvalue weighted by atomic mass is 10.1. The SMILES string of the molecule is CC(CC[PH+]=O)C(=O)O. The Kier molecular flexibility index (Phi) is 4.24. The van der Waals surface area contributed by atoms with Crippen LogP contribution in [0.2, 0.25) is 0 Å². The van der Waals surface area contributed by atoms with Crippen LogP contribution in [-0.2, 0) is 9.36 Å². The van der Waals surface area contributed by atoms with Gasteiger partial charge in [0.1, 0.15) is 6.16 Å². The first-order valence-corrected chi connectivity index (χ1v) is 3.88.